The monoisotopic (exact) mass is 306 g/mol. The van der Waals surface area contributed by atoms with E-state index in [0.717, 1.165) is 11.3 Å². The zero-order valence-electron chi connectivity index (χ0n) is 12.6. The first kappa shape index (κ1) is 15.4. The number of methoxy groups -OCH3 is 1. The fourth-order valence-corrected chi connectivity index (χ4v) is 1.98. The van der Waals surface area contributed by atoms with Crippen LogP contribution in [0.15, 0.2) is 24.4 Å². The van der Waals surface area contributed by atoms with Crippen LogP contribution < -0.4 is 15.4 Å². The summed E-state index contributed by atoms with van der Waals surface area (Å²) in [4.78, 5) is 8.59. The van der Waals surface area contributed by atoms with Gasteiger partial charge in [-0.2, -0.15) is 4.98 Å². The third-order valence-corrected chi connectivity index (χ3v) is 3.22. The van der Waals surface area contributed by atoms with Crippen molar-refractivity contribution < 1.29 is 4.74 Å². The van der Waals surface area contributed by atoms with Crippen LogP contribution in [0, 0.1) is 6.92 Å². The molecule has 112 valence electrons. The molecule has 2 N–H and O–H groups in total. The van der Waals surface area contributed by atoms with Crippen molar-refractivity contribution in [2.75, 3.05) is 17.7 Å². The number of hydrogen-bond donors (Lipinski definition) is 2. The number of halogens is 1. The fourth-order valence-electron chi connectivity index (χ4n) is 1.82. The number of aromatic nitrogens is 2. The van der Waals surface area contributed by atoms with Crippen LogP contribution in [0.25, 0.3) is 0 Å². The summed E-state index contributed by atoms with van der Waals surface area (Å²) in [6, 6.07) is 5.79. The maximum absolute atomic E-state index is 6.11. The van der Waals surface area contributed by atoms with Crippen molar-refractivity contribution in [2.24, 2.45) is 0 Å². The minimum absolute atomic E-state index is 0.271. The number of benzene rings is 1. The van der Waals surface area contributed by atoms with Crippen LogP contribution in [0.4, 0.5) is 17.5 Å². The number of hydrogen-bond acceptors (Lipinski definition) is 5. The normalized spacial score (nSPS) is 10.6. The fraction of sp³-hybridized carbons (Fsp3) is 0.333. The highest BCUT2D eigenvalue weighted by atomic mass is 35.5. The molecule has 0 aliphatic carbocycles. The van der Waals surface area contributed by atoms with Crippen molar-refractivity contribution in [1.29, 1.82) is 0 Å². The molecule has 0 radical (unpaired) electrons. The number of ether oxygens (including phenoxy) is 1. The van der Waals surface area contributed by atoms with Crippen molar-refractivity contribution >= 4 is 29.1 Å². The van der Waals surface area contributed by atoms with Gasteiger partial charge >= 0.3 is 0 Å². The highest BCUT2D eigenvalue weighted by Crippen LogP contribution is 2.32. The highest BCUT2D eigenvalue weighted by Gasteiger charge is 2.08. The smallest absolute Gasteiger partial charge is 0.224 e. The van der Waals surface area contributed by atoms with Gasteiger partial charge in [-0.3, -0.25) is 0 Å². The third-order valence-electron chi connectivity index (χ3n) is 2.82. The quantitative estimate of drug-likeness (QED) is 0.874. The van der Waals surface area contributed by atoms with Gasteiger partial charge in [0.15, 0.2) is 0 Å². The second-order valence-electron chi connectivity index (χ2n) is 4.99. The van der Waals surface area contributed by atoms with Crippen LogP contribution in [-0.2, 0) is 0 Å². The Balaban J connectivity index is 2.27. The first-order valence-electron chi connectivity index (χ1n) is 6.70. The lowest BCUT2D eigenvalue weighted by Crippen LogP contribution is -2.12. The predicted octanol–water partition coefficient (Wildman–Crippen LogP) is 4.01. The summed E-state index contributed by atoms with van der Waals surface area (Å²) in [6.45, 7) is 6.02. The van der Waals surface area contributed by atoms with E-state index in [1.54, 1.807) is 25.4 Å². The molecule has 0 fully saturated rings. The molecule has 1 heterocycles. The number of aryl methyl sites for hydroxylation is 1. The Labute approximate surface area is 129 Å². The molecule has 0 saturated heterocycles. The molecule has 0 aliphatic heterocycles. The van der Waals surface area contributed by atoms with Gasteiger partial charge in [0.25, 0.3) is 0 Å². The van der Waals surface area contributed by atoms with Crippen molar-refractivity contribution in [3.63, 3.8) is 0 Å². The largest absolute Gasteiger partial charge is 0.495 e. The molecule has 0 spiro atoms. The number of nitrogens with zero attached hydrogens (tertiary/aromatic N) is 2. The van der Waals surface area contributed by atoms with E-state index in [0.29, 0.717) is 22.5 Å². The first-order valence-corrected chi connectivity index (χ1v) is 7.08. The first-order chi connectivity index (χ1) is 9.99. The minimum atomic E-state index is 0.271. The molecule has 0 unspecified atom stereocenters. The van der Waals surface area contributed by atoms with Crippen LogP contribution >= 0.6 is 11.6 Å². The Hall–Kier alpha value is -2.01. The van der Waals surface area contributed by atoms with E-state index >= 15 is 0 Å². The average molecular weight is 307 g/mol. The summed E-state index contributed by atoms with van der Waals surface area (Å²) < 4.78 is 5.34. The number of nitrogens with one attached hydrogen (secondary N) is 2. The topological polar surface area (TPSA) is 59.1 Å². The molecule has 6 heteroatoms. The Morgan fingerprint density at radius 1 is 1.29 bits per heavy atom. The zero-order valence-corrected chi connectivity index (χ0v) is 13.3. The Bertz CT molecular complexity index is 631. The van der Waals surface area contributed by atoms with Crippen LogP contribution in [-0.4, -0.2) is 23.1 Å². The van der Waals surface area contributed by atoms with E-state index < -0.39 is 0 Å². The third kappa shape index (κ3) is 3.98. The van der Waals surface area contributed by atoms with Gasteiger partial charge in [0.1, 0.15) is 11.6 Å². The Kier molecular flexibility index (Phi) is 4.85. The molecular weight excluding hydrogens is 288 g/mol. The van der Waals surface area contributed by atoms with Crippen molar-refractivity contribution in [2.45, 2.75) is 26.8 Å². The predicted molar refractivity (Wildman–Crippen MR) is 86.8 cm³/mol. The Morgan fingerprint density at radius 2 is 2.05 bits per heavy atom. The second kappa shape index (κ2) is 6.63. The van der Waals surface area contributed by atoms with Crippen LogP contribution in [0.3, 0.4) is 0 Å². The molecule has 1 aromatic heterocycles. The molecule has 5 nitrogen and oxygen atoms in total. The summed E-state index contributed by atoms with van der Waals surface area (Å²) in [6.07, 6.45) is 1.70. The minimum Gasteiger partial charge on any atom is -0.495 e. The van der Waals surface area contributed by atoms with Crippen molar-refractivity contribution in [3.05, 3.63) is 35.0 Å². The molecule has 21 heavy (non-hydrogen) atoms. The lowest BCUT2D eigenvalue weighted by molar-refractivity contribution is 0.416. The van der Waals surface area contributed by atoms with E-state index in [1.807, 2.05) is 26.8 Å². The standard InChI is InChI=1S/C15H19ClN4O/c1-9(2)18-15-17-6-5-14(20-15)19-12-7-10(3)11(16)8-13(12)21-4/h5-9H,1-4H3,(H2,17,18,19,20). The van der Waals surface area contributed by atoms with Gasteiger partial charge in [0.2, 0.25) is 5.95 Å². The maximum Gasteiger partial charge on any atom is 0.224 e. The SMILES string of the molecule is COc1cc(Cl)c(C)cc1Nc1ccnc(NC(C)C)n1. The number of rotatable bonds is 5. The van der Waals surface area contributed by atoms with Crippen LogP contribution in [0.2, 0.25) is 5.02 Å². The molecule has 0 aliphatic rings. The van der Waals surface area contributed by atoms with Gasteiger partial charge in [0.05, 0.1) is 12.8 Å². The summed E-state index contributed by atoms with van der Waals surface area (Å²) in [5.74, 6) is 1.94. The lowest BCUT2D eigenvalue weighted by Gasteiger charge is -2.14. The molecule has 2 aromatic rings. The van der Waals surface area contributed by atoms with E-state index in [-0.39, 0.29) is 6.04 Å². The number of anilines is 3. The van der Waals surface area contributed by atoms with E-state index in [9.17, 15) is 0 Å². The van der Waals surface area contributed by atoms with E-state index in [4.69, 9.17) is 16.3 Å². The van der Waals surface area contributed by atoms with E-state index in [2.05, 4.69) is 20.6 Å². The van der Waals surface area contributed by atoms with Crippen LogP contribution in [0.5, 0.6) is 5.75 Å². The molecule has 0 bridgehead atoms. The molecule has 0 amide bonds. The van der Waals surface area contributed by atoms with Crippen LogP contribution in [0.1, 0.15) is 19.4 Å². The van der Waals surface area contributed by atoms with Gasteiger partial charge < -0.3 is 15.4 Å². The summed E-state index contributed by atoms with van der Waals surface area (Å²) >= 11 is 6.11. The molecule has 0 saturated carbocycles. The molecular formula is C15H19ClN4O. The maximum atomic E-state index is 6.11. The lowest BCUT2D eigenvalue weighted by atomic mass is 10.2. The zero-order chi connectivity index (χ0) is 15.4. The molecule has 2 rings (SSSR count). The van der Waals surface area contributed by atoms with Gasteiger partial charge in [-0.05, 0) is 38.5 Å². The van der Waals surface area contributed by atoms with Gasteiger partial charge in [-0.1, -0.05) is 11.6 Å². The summed E-state index contributed by atoms with van der Waals surface area (Å²) in [5.41, 5.74) is 1.78. The van der Waals surface area contributed by atoms with Gasteiger partial charge in [-0.15, -0.1) is 0 Å². The van der Waals surface area contributed by atoms with Gasteiger partial charge in [-0.25, -0.2) is 4.98 Å². The van der Waals surface area contributed by atoms with Crippen molar-refractivity contribution in [3.8, 4) is 5.75 Å². The highest BCUT2D eigenvalue weighted by molar-refractivity contribution is 6.31. The van der Waals surface area contributed by atoms with E-state index in [1.165, 1.54) is 0 Å². The Morgan fingerprint density at radius 3 is 2.71 bits per heavy atom. The molecule has 1 aromatic carbocycles. The summed E-state index contributed by atoms with van der Waals surface area (Å²) in [5, 5.41) is 7.06. The molecule has 0 atom stereocenters. The second-order valence-corrected chi connectivity index (χ2v) is 5.40. The summed E-state index contributed by atoms with van der Waals surface area (Å²) in [7, 11) is 1.61. The average Bonchev–Trinajstić information content (AvgIpc) is 2.42. The van der Waals surface area contributed by atoms with Crippen molar-refractivity contribution in [1.82, 2.24) is 9.97 Å². The van der Waals surface area contributed by atoms with Gasteiger partial charge in [0, 0.05) is 23.3 Å².